The predicted molar refractivity (Wildman–Crippen MR) is 156 cm³/mol. The maximum absolute atomic E-state index is 13.6. The van der Waals surface area contributed by atoms with E-state index in [-0.39, 0.29) is 25.0 Å². The monoisotopic (exact) mass is 590 g/mol. The van der Waals surface area contributed by atoms with Crippen LogP contribution in [0.15, 0.2) is 84.9 Å². The minimum Gasteiger partial charge on any atom is -0.508 e. The minimum atomic E-state index is -1.75. The average molecular weight is 591 g/mol. The summed E-state index contributed by atoms with van der Waals surface area (Å²) in [4.78, 5) is 62.7. The number of carboxylic acid groups (broad SMARTS) is 2. The summed E-state index contributed by atoms with van der Waals surface area (Å²) in [6.07, 6.45) is -0.733. The lowest BCUT2D eigenvalue weighted by Crippen LogP contribution is -2.58. The quantitative estimate of drug-likeness (QED) is 0.133. The maximum atomic E-state index is 13.6. The number of hydrogen-bond acceptors (Lipinski definition) is 7. The number of aliphatic carboxylic acids is 2. The summed E-state index contributed by atoms with van der Waals surface area (Å²) in [5, 5.41) is 35.5. The van der Waals surface area contributed by atoms with Crippen molar-refractivity contribution >= 4 is 29.7 Å². The summed E-state index contributed by atoms with van der Waals surface area (Å²) in [6, 6.07) is 18.5. The molecule has 0 heterocycles. The van der Waals surface area contributed by atoms with Crippen molar-refractivity contribution in [2.24, 2.45) is 5.73 Å². The minimum absolute atomic E-state index is 0.0290. The van der Waals surface area contributed by atoms with E-state index >= 15 is 0 Å². The van der Waals surface area contributed by atoms with E-state index in [1.807, 2.05) is 30.3 Å². The van der Waals surface area contributed by atoms with Crippen molar-refractivity contribution in [3.63, 3.8) is 0 Å². The van der Waals surface area contributed by atoms with Gasteiger partial charge in [0.15, 0.2) is 0 Å². The number of amides is 3. The van der Waals surface area contributed by atoms with Gasteiger partial charge in [-0.15, -0.1) is 0 Å². The molecular formula is C31H34N4O8. The van der Waals surface area contributed by atoms with E-state index in [0.717, 1.165) is 5.56 Å². The number of rotatable bonds is 15. The normalized spacial score (nSPS) is 13.5. The van der Waals surface area contributed by atoms with Crippen LogP contribution in [0, 0.1) is 0 Å². The number of phenols is 1. The molecule has 3 aromatic rings. The molecule has 3 aromatic carbocycles. The first kappa shape index (κ1) is 32.3. The number of carboxylic acids is 2. The molecule has 0 fully saturated rings. The molecular weight excluding hydrogens is 556 g/mol. The third-order valence-electron chi connectivity index (χ3n) is 6.55. The molecule has 8 N–H and O–H groups in total. The lowest BCUT2D eigenvalue weighted by atomic mass is 10.0. The number of aromatic hydroxyl groups is 1. The number of hydrogen-bond donors (Lipinski definition) is 7. The molecule has 0 radical (unpaired) electrons. The zero-order valence-corrected chi connectivity index (χ0v) is 23.2. The molecule has 4 atom stereocenters. The van der Waals surface area contributed by atoms with Crippen molar-refractivity contribution in [3.05, 3.63) is 102 Å². The molecule has 3 amide bonds. The van der Waals surface area contributed by atoms with Gasteiger partial charge in [0, 0.05) is 12.8 Å². The number of nitrogens with two attached hydrogens (primary N) is 1. The van der Waals surface area contributed by atoms with Crippen LogP contribution < -0.4 is 21.7 Å². The number of benzene rings is 3. The van der Waals surface area contributed by atoms with Gasteiger partial charge in [0.1, 0.15) is 23.9 Å². The fraction of sp³-hybridized carbons (Fsp3) is 0.258. The third kappa shape index (κ3) is 10.6. The van der Waals surface area contributed by atoms with Crippen LogP contribution >= 0.6 is 0 Å². The lowest BCUT2D eigenvalue weighted by molar-refractivity contribution is -0.147. The molecule has 0 spiro atoms. The molecule has 0 aliphatic heterocycles. The van der Waals surface area contributed by atoms with Gasteiger partial charge < -0.3 is 37.0 Å². The standard InChI is InChI=1S/C31H34N4O8/c32-23(15-19-7-3-1-4-8-19)28(39)33-24(16-20-9-5-2-6-10-20)29(40)34-25(17-21-11-13-22(36)14-12-21)30(41)35-26(31(42)43)18-27(37)38/h1-14,23-26,36H,15-18,32H2,(H,33,39)(H,34,40)(H,35,41)(H,37,38)(H,42,43). The Hall–Kier alpha value is -5.23. The van der Waals surface area contributed by atoms with Gasteiger partial charge in [-0.05, 0) is 35.2 Å². The lowest BCUT2D eigenvalue weighted by Gasteiger charge is -2.25. The summed E-state index contributed by atoms with van der Waals surface area (Å²) in [6.45, 7) is 0. The largest absolute Gasteiger partial charge is 0.508 e. The predicted octanol–water partition coefficient (Wildman–Crippen LogP) is 0.761. The third-order valence-corrected chi connectivity index (χ3v) is 6.55. The molecule has 3 rings (SSSR count). The van der Waals surface area contributed by atoms with Crippen LogP contribution in [0.25, 0.3) is 0 Å². The van der Waals surface area contributed by atoms with Gasteiger partial charge in [-0.2, -0.15) is 0 Å². The van der Waals surface area contributed by atoms with Gasteiger partial charge in [0.2, 0.25) is 17.7 Å². The fourth-order valence-electron chi connectivity index (χ4n) is 4.29. The highest BCUT2D eigenvalue weighted by Crippen LogP contribution is 2.13. The van der Waals surface area contributed by atoms with Crippen LogP contribution in [0.5, 0.6) is 5.75 Å². The summed E-state index contributed by atoms with van der Waals surface area (Å²) in [5.41, 5.74) is 8.20. The summed E-state index contributed by atoms with van der Waals surface area (Å²) < 4.78 is 0. The van der Waals surface area contributed by atoms with Gasteiger partial charge in [-0.1, -0.05) is 72.8 Å². The van der Waals surface area contributed by atoms with Crippen molar-refractivity contribution in [3.8, 4) is 5.75 Å². The Morgan fingerprint density at radius 3 is 1.47 bits per heavy atom. The van der Waals surface area contributed by atoms with Crippen molar-refractivity contribution in [1.82, 2.24) is 16.0 Å². The van der Waals surface area contributed by atoms with E-state index in [4.69, 9.17) is 10.8 Å². The second kappa shape index (κ2) is 15.7. The number of nitrogens with one attached hydrogen (secondary N) is 3. The maximum Gasteiger partial charge on any atom is 0.326 e. The van der Waals surface area contributed by atoms with E-state index in [9.17, 15) is 34.2 Å². The van der Waals surface area contributed by atoms with Gasteiger partial charge in [-0.3, -0.25) is 19.2 Å². The molecule has 0 saturated carbocycles. The number of carbonyl (C=O) groups excluding carboxylic acids is 3. The number of phenolic OH excluding ortho intramolecular Hbond substituents is 1. The summed E-state index contributed by atoms with van der Waals surface area (Å²) in [5.74, 6) is -5.31. The molecule has 226 valence electrons. The van der Waals surface area contributed by atoms with Crippen molar-refractivity contribution in [1.29, 1.82) is 0 Å². The second-order valence-electron chi connectivity index (χ2n) is 9.98. The molecule has 0 aliphatic rings. The van der Waals surface area contributed by atoms with E-state index < -0.39 is 60.2 Å². The Balaban J connectivity index is 1.84. The molecule has 12 nitrogen and oxygen atoms in total. The van der Waals surface area contributed by atoms with Gasteiger partial charge in [-0.25, -0.2) is 4.79 Å². The van der Waals surface area contributed by atoms with Gasteiger partial charge >= 0.3 is 11.9 Å². The fourth-order valence-corrected chi connectivity index (χ4v) is 4.29. The van der Waals surface area contributed by atoms with E-state index in [2.05, 4.69) is 16.0 Å². The van der Waals surface area contributed by atoms with Crippen LogP contribution in [0.3, 0.4) is 0 Å². The molecule has 0 saturated heterocycles. The molecule has 0 aromatic heterocycles. The van der Waals surface area contributed by atoms with Crippen LogP contribution in [0.1, 0.15) is 23.1 Å². The van der Waals surface area contributed by atoms with Gasteiger partial charge in [0.05, 0.1) is 12.5 Å². The summed E-state index contributed by atoms with van der Waals surface area (Å²) >= 11 is 0. The molecule has 0 bridgehead atoms. The highest BCUT2D eigenvalue weighted by molar-refractivity contribution is 5.95. The first-order chi connectivity index (χ1) is 20.5. The SMILES string of the molecule is NC(Cc1ccccc1)C(=O)NC(Cc1ccccc1)C(=O)NC(Cc1ccc(O)cc1)C(=O)NC(CC(=O)O)C(=O)O. The highest BCUT2D eigenvalue weighted by atomic mass is 16.4. The van der Waals surface area contributed by atoms with Crippen molar-refractivity contribution in [2.45, 2.75) is 49.9 Å². The van der Waals surface area contributed by atoms with E-state index in [1.165, 1.54) is 24.3 Å². The Morgan fingerprint density at radius 2 is 1.00 bits per heavy atom. The van der Waals surface area contributed by atoms with Crippen LogP contribution in [0.2, 0.25) is 0 Å². The van der Waals surface area contributed by atoms with Crippen LogP contribution in [-0.2, 0) is 43.2 Å². The highest BCUT2D eigenvalue weighted by Gasteiger charge is 2.31. The second-order valence-corrected chi connectivity index (χ2v) is 9.98. The summed E-state index contributed by atoms with van der Waals surface area (Å²) in [7, 11) is 0. The average Bonchev–Trinajstić information content (AvgIpc) is 2.97. The topological polar surface area (TPSA) is 208 Å². The Kier molecular flexibility index (Phi) is 11.8. The molecule has 4 unspecified atom stereocenters. The van der Waals surface area contributed by atoms with Gasteiger partial charge in [0.25, 0.3) is 0 Å². The number of carbonyl (C=O) groups is 5. The van der Waals surface area contributed by atoms with Crippen molar-refractivity contribution < 1.29 is 39.3 Å². The van der Waals surface area contributed by atoms with E-state index in [1.54, 1.807) is 30.3 Å². The molecule has 0 aliphatic carbocycles. The Morgan fingerprint density at radius 1 is 0.581 bits per heavy atom. The van der Waals surface area contributed by atoms with Crippen molar-refractivity contribution in [2.75, 3.05) is 0 Å². The van der Waals surface area contributed by atoms with Crippen LogP contribution in [-0.4, -0.2) is 69.1 Å². The first-order valence-corrected chi connectivity index (χ1v) is 13.5. The van der Waals surface area contributed by atoms with Crippen LogP contribution in [0.4, 0.5) is 0 Å². The van der Waals surface area contributed by atoms with E-state index in [0.29, 0.717) is 11.1 Å². The molecule has 43 heavy (non-hydrogen) atoms. The smallest absolute Gasteiger partial charge is 0.326 e. The zero-order valence-electron chi connectivity index (χ0n) is 23.2. The zero-order chi connectivity index (χ0) is 31.4. The Labute approximate surface area is 247 Å². The first-order valence-electron chi connectivity index (χ1n) is 13.5. The molecule has 12 heteroatoms. The Bertz CT molecular complexity index is 1400.